The highest BCUT2D eigenvalue weighted by Gasteiger charge is 2.25. The van der Waals surface area contributed by atoms with Gasteiger partial charge in [-0.05, 0) is 31.0 Å². The molecule has 0 saturated heterocycles. The summed E-state index contributed by atoms with van der Waals surface area (Å²) in [4.78, 5) is 0. The minimum Gasteiger partial charge on any atom is -0.458 e. The van der Waals surface area contributed by atoms with Gasteiger partial charge in [0.05, 0.1) is 0 Å². The van der Waals surface area contributed by atoms with Crippen LogP contribution in [0.3, 0.4) is 0 Å². The van der Waals surface area contributed by atoms with Gasteiger partial charge in [0.25, 0.3) is 0 Å². The smallest absolute Gasteiger partial charge is 0.169 e. The quantitative estimate of drug-likeness (QED) is 0.932. The molecule has 0 radical (unpaired) electrons. The molecule has 0 fully saturated rings. The van der Waals surface area contributed by atoms with Crippen LogP contribution in [0, 0.1) is 5.92 Å². The van der Waals surface area contributed by atoms with E-state index in [2.05, 4.69) is 12.1 Å². The topological polar surface area (TPSA) is 44.5 Å². The van der Waals surface area contributed by atoms with Gasteiger partial charge in [-0.2, -0.15) is 0 Å². The third-order valence-electron chi connectivity index (χ3n) is 3.68. The van der Waals surface area contributed by atoms with Crippen molar-refractivity contribution < 1.29 is 9.47 Å². The predicted molar refractivity (Wildman–Crippen MR) is 83.1 cm³/mol. The van der Waals surface area contributed by atoms with Gasteiger partial charge >= 0.3 is 0 Å². The molecule has 0 amide bonds. The van der Waals surface area contributed by atoms with Crippen molar-refractivity contribution in [2.45, 2.75) is 19.4 Å². The van der Waals surface area contributed by atoms with E-state index >= 15 is 0 Å². The van der Waals surface area contributed by atoms with Crippen molar-refractivity contribution in [1.82, 2.24) is 0 Å². The lowest BCUT2D eigenvalue weighted by Gasteiger charge is -2.27. The maximum absolute atomic E-state index is 6.16. The SMILES string of the molecule is CC(N)C(Cc1ccccc1)C1=COc2ccccc2O1. The highest BCUT2D eigenvalue weighted by atomic mass is 16.6. The molecule has 21 heavy (non-hydrogen) atoms. The van der Waals surface area contributed by atoms with Gasteiger partial charge in [-0.3, -0.25) is 0 Å². The number of benzene rings is 2. The van der Waals surface area contributed by atoms with Crippen LogP contribution in [0.25, 0.3) is 0 Å². The summed E-state index contributed by atoms with van der Waals surface area (Å²) in [7, 11) is 0. The van der Waals surface area contributed by atoms with Crippen molar-refractivity contribution in [3.63, 3.8) is 0 Å². The molecule has 1 aliphatic rings. The van der Waals surface area contributed by atoms with Crippen LogP contribution in [0.1, 0.15) is 12.5 Å². The van der Waals surface area contributed by atoms with Gasteiger partial charge in [0.1, 0.15) is 12.0 Å². The van der Waals surface area contributed by atoms with E-state index < -0.39 is 0 Å². The Labute approximate surface area is 125 Å². The zero-order chi connectivity index (χ0) is 14.7. The molecule has 108 valence electrons. The average Bonchev–Trinajstić information content (AvgIpc) is 2.53. The third-order valence-corrected chi connectivity index (χ3v) is 3.68. The largest absolute Gasteiger partial charge is 0.458 e. The zero-order valence-corrected chi connectivity index (χ0v) is 12.0. The summed E-state index contributed by atoms with van der Waals surface area (Å²) in [5.41, 5.74) is 7.40. The van der Waals surface area contributed by atoms with Crippen LogP contribution in [-0.2, 0) is 6.42 Å². The summed E-state index contributed by atoms with van der Waals surface area (Å²) in [5, 5.41) is 0. The normalized spacial score (nSPS) is 16.0. The van der Waals surface area contributed by atoms with E-state index in [0.717, 1.165) is 23.7 Å². The van der Waals surface area contributed by atoms with E-state index in [1.54, 1.807) is 6.26 Å². The Morgan fingerprint density at radius 1 is 0.952 bits per heavy atom. The summed E-state index contributed by atoms with van der Waals surface area (Å²) in [5.74, 6) is 2.35. The van der Waals surface area contributed by atoms with E-state index in [0.29, 0.717) is 0 Å². The molecular weight excluding hydrogens is 262 g/mol. The number of para-hydroxylation sites is 2. The molecule has 2 aromatic carbocycles. The fourth-order valence-electron chi connectivity index (χ4n) is 2.48. The van der Waals surface area contributed by atoms with Crippen molar-refractivity contribution in [3.05, 3.63) is 72.2 Å². The molecule has 2 atom stereocenters. The molecule has 2 aromatic rings. The van der Waals surface area contributed by atoms with Gasteiger partial charge in [-0.1, -0.05) is 42.5 Å². The van der Waals surface area contributed by atoms with Gasteiger partial charge in [0, 0.05) is 12.0 Å². The number of hydrogen-bond donors (Lipinski definition) is 1. The summed E-state index contributed by atoms with van der Waals surface area (Å²) in [6, 6.07) is 17.9. The molecule has 0 saturated carbocycles. The minimum atomic E-state index is -0.0229. The first-order valence-electron chi connectivity index (χ1n) is 7.17. The fraction of sp³-hybridized carbons (Fsp3) is 0.222. The van der Waals surface area contributed by atoms with Crippen molar-refractivity contribution >= 4 is 0 Å². The highest BCUT2D eigenvalue weighted by Crippen LogP contribution is 2.35. The van der Waals surface area contributed by atoms with Gasteiger partial charge in [0.2, 0.25) is 0 Å². The van der Waals surface area contributed by atoms with E-state index in [9.17, 15) is 0 Å². The van der Waals surface area contributed by atoms with Gasteiger partial charge < -0.3 is 15.2 Å². The second-order valence-corrected chi connectivity index (χ2v) is 5.34. The van der Waals surface area contributed by atoms with Crippen LogP contribution in [0.15, 0.2) is 66.6 Å². The van der Waals surface area contributed by atoms with Crippen LogP contribution in [0.2, 0.25) is 0 Å². The molecule has 1 heterocycles. The maximum Gasteiger partial charge on any atom is 0.169 e. The highest BCUT2D eigenvalue weighted by molar-refractivity contribution is 5.43. The second-order valence-electron chi connectivity index (χ2n) is 5.34. The molecule has 3 heteroatoms. The molecule has 3 rings (SSSR count). The van der Waals surface area contributed by atoms with Gasteiger partial charge in [-0.15, -0.1) is 0 Å². The summed E-state index contributed by atoms with van der Waals surface area (Å²) < 4.78 is 11.6. The number of rotatable bonds is 4. The van der Waals surface area contributed by atoms with Crippen LogP contribution in [0.5, 0.6) is 11.5 Å². The van der Waals surface area contributed by atoms with Crippen molar-refractivity contribution in [2.75, 3.05) is 0 Å². The van der Waals surface area contributed by atoms with Crippen LogP contribution >= 0.6 is 0 Å². The Kier molecular flexibility index (Phi) is 3.93. The van der Waals surface area contributed by atoms with Crippen LogP contribution < -0.4 is 15.2 Å². The first-order valence-corrected chi connectivity index (χ1v) is 7.17. The average molecular weight is 281 g/mol. The lowest BCUT2D eigenvalue weighted by Crippen LogP contribution is -2.32. The van der Waals surface area contributed by atoms with Gasteiger partial charge in [-0.25, -0.2) is 0 Å². The van der Waals surface area contributed by atoms with E-state index in [4.69, 9.17) is 15.2 Å². The third kappa shape index (κ3) is 3.09. The molecule has 2 N–H and O–H groups in total. The van der Waals surface area contributed by atoms with E-state index in [1.165, 1.54) is 5.56 Å². The van der Waals surface area contributed by atoms with Crippen LogP contribution in [0.4, 0.5) is 0 Å². The Morgan fingerprint density at radius 3 is 2.33 bits per heavy atom. The molecule has 0 aliphatic carbocycles. The fourth-order valence-corrected chi connectivity index (χ4v) is 2.48. The molecule has 2 unspecified atom stereocenters. The monoisotopic (exact) mass is 281 g/mol. The number of hydrogen-bond acceptors (Lipinski definition) is 3. The number of ether oxygens (including phenoxy) is 2. The molecular formula is C18H19NO2. The second kappa shape index (κ2) is 6.02. The van der Waals surface area contributed by atoms with Crippen molar-refractivity contribution in [2.24, 2.45) is 11.7 Å². The molecule has 0 bridgehead atoms. The lowest BCUT2D eigenvalue weighted by atomic mass is 9.92. The standard InChI is InChI=1S/C18H19NO2/c1-13(19)15(11-14-7-3-2-4-8-14)18-12-20-16-9-5-6-10-17(16)21-18/h2-10,12-13,15H,11,19H2,1H3. The Bertz CT molecular complexity index is 635. The first kappa shape index (κ1) is 13.7. The molecule has 1 aliphatic heterocycles. The Morgan fingerprint density at radius 2 is 1.62 bits per heavy atom. The van der Waals surface area contributed by atoms with Crippen LogP contribution in [-0.4, -0.2) is 6.04 Å². The molecule has 3 nitrogen and oxygen atoms in total. The van der Waals surface area contributed by atoms with E-state index in [-0.39, 0.29) is 12.0 Å². The Hall–Kier alpha value is -2.26. The number of nitrogens with two attached hydrogens (primary N) is 1. The molecule has 0 aromatic heterocycles. The van der Waals surface area contributed by atoms with Crippen molar-refractivity contribution in [1.29, 1.82) is 0 Å². The van der Waals surface area contributed by atoms with E-state index in [1.807, 2.05) is 49.4 Å². The Balaban J connectivity index is 1.81. The number of fused-ring (bicyclic) bond motifs is 1. The van der Waals surface area contributed by atoms with Gasteiger partial charge in [0.15, 0.2) is 11.5 Å². The summed E-state index contributed by atoms with van der Waals surface area (Å²) in [6.45, 7) is 2.00. The predicted octanol–water partition coefficient (Wildman–Crippen LogP) is 3.51. The molecule has 0 spiro atoms. The minimum absolute atomic E-state index is 0.0229. The lowest BCUT2D eigenvalue weighted by molar-refractivity contribution is 0.263. The summed E-state index contributed by atoms with van der Waals surface area (Å²) >= 11 is 0. The maximum atomic E-state index is 6.16. The zero-order valence-electron chi connectivity index (χ0n) is 12.0. The summed E-state index contributed by atoms with van der Waals surface area (Å²) in [6.07, 6.45) is 2.51. The van der Waals surface area contributed by atoms with Crippen molar-refractivity contribution in [3.8, 4) is 11.5 Å². The first-order chi connectivity index (χ1) is 10.2.